The third kappa shape index (κ3) is 3.01. The zero-order valence-electron chi connectivity index (χ0n) is 10.4. The van der Waals surface area contributed by atoms with Gasteiger partial charge in [0.25, 0.3) is 0 Å². The summed E-state index contributed by atoms with van der Waals surface area (Å²) in [7, 11) is 0. The van der Waals surface area contributed by atoms with Crippen molar-refractivity contribution in [3.8, 4) is 0 Å². The molecular weight excluding hydrogens is 248 g/mol. The van der Waals surface area contributed by atoms with Gasteiger partial charge in [0, 0.05) is 37.3 Å². The maximum absolute atomic E-state index is 11.7. The number of aryl methyl sites for hydroxylation is 2. The molecule has 0 aromatic carbocycles. The molecule has 2 aromatic heterocycles. The van der Waals surface area contributed by atoms with Crippen LogP contribution in [0.25, 0.3) is 0 Å². The summed E-state index contributed by atoms with van der Waals surface area (Å²) in [6, 6.07) is 0. The number of hydrogen-bond acceptors (Lipinski definition) is 3. The predicted octanol–water partition coefficient (Wildman–Crippen LogP) is 1.25. The normalized spacial score (nSPS) is 10.4. The van der Waals surface area contributed by atoms with Crippen molar-refractivity contribution in [1.82, 2.24) is 14.5 Å². The van der Waals surface area contributed by atoms with E-state index in [1.54, 1.807) is 30.2 Å². The molecule has 3 N–H and O–H groups in total. The van der Waals surface area contributed by atoms with Crippen molar-refractivity contribution >= 4 is 17.6 Å². The van der Waals surface area contributed by atoms with Gasteiger partial charge < -0.3 is 20.0 Å². The maximum Gasteiger partial charge on any atom is 0.339 e. The first kappa shape index (κ1) is 12.9. The van der Waals surface area contributed by atoms with Crippen molar-refractivity contribution in [2.24, 2.45) is 0 Å². The Balaban J connectivity index is 1.97. The highest BCUT2D eigenvalue weighted by molar-refractivity contribution is 6.01. The van der Waals surface area contributed by atoms with Crippen LogP contribution in [-0.4, -0.2) is 31.5 Å². The van der Waals surface area contributed by atoms with E-state index in [1.165, 1.54) is 6.20 Å². The number of hydrogen-bond donors (Lipinski definition) is 3. The Bertz CT molecular complexity index is 586. The van der Waals surface area contributed by atoms with E-state index in [-0.39, 0.29) is 17.9 Å². The minimum absolute atomic E-state index is 0.0935. The number of H-pyrrole nitrogens is 1. The molecular formula is C12H14N4O3. The second kappa shape index (κ2) is 5.38. The van der Waals surface area contributed by atoms with E-state index in [2.05, 4.69) is 15.3 Å². The van der Waals surface area contributed by atoms with Gasteiger partial charge in [0.1, 0.15) is 5.56 Å². The number of imidazole rings is 1. The molecule has 1 amide bonds. The second-order valence-electron chi connectivity index (χ2n) is 4.11. The Hall–Kier alpha value is -2.57. The Morgan fingerprint density at radius 3 is 2.95 bits per heavy atom. The molecule has 0 saturated carbocycles. The molecule has 2 rings (SSSR count). The van der Waals surface area contributed by atoms with Gasteiger partial charge in [0.2, 0.25) is 5.91 Å². The van der Waals surface area contributed by atoms with Gasteiger partial charge in [-0.25, -0.2) is 9.78 Å². The van der Waals surface area contributed by atoms with Crippen LogP contribution in [0.1, 0.15) is 22.5 Å². The highest BCUT2D eigenvalue weighted by atomic mass is 16.4. The smallest absolute Gasteiger partial charge is 0.339 e. The van der Waals surface area contributed by atoms with Gasteiger partial charge in [0.15, 0.2) is 0 Å². The molecule has 19 heavy (non-hydrogen) atoms. The lowest BCUT2D eigenvalue weighted by Gasteiger charge is -2.05. The van der Waals surface area contributed by atoms with E-state index in [9.17, 15) is 9.59 Å². The van der Waals surface area contributed by atoms with Crippen molar-refractivity contribution in [1.29, 1.82) is 0 Å². The first-order valence-electron chi connectivity index (χ1n) is 5.75. The number of aromatic carboxylic acids is 1. The average Bonchev–Trinajstić information content (AvgIpc) is 2.96. The Labute approximate surface area is 109 Å². The number of aromatic amines is 1. The molecule has 0 fully saturated rings. The molecule has 2 heterocycles. The summed E-state index contributed by atoms with van der Waals surface area (Å²) in [5.41, 5.74) is 0.897. The first-order chi connectivity index (χ1) is 9.08. The topological polar surface area (TPSA) is 100 Å². The van der Waals surface area contributed by atoms with Crippen LogP contribution in [0.15, 0.2) is 24.9 Å². The number of amides is 1. The molecule has 0 atom stereocenters. The quantitative estimate of drug-likeness (QED) is 0.754. The summed E-state index contributed by atoms with van der Waals surface area (Å²) in [6.45, 7) is 2.14. The number of carbonyl (C=O) groups is 2. The standard InChI is InChI=1S/C12H14N4O3/c1-8-11(12(18)19)9(6-14-8)15-10(17)2-4-16-5-3-13-7-16/h3,5-7,14H,2,4H2,1H3,(H,15,17)(H,18,19). The molecule has 0 bridgehead atoms. The van der Waals surface area contributed by atoms with Crippen molar-refractivity contribution in [3.63, 3.8) is 0 Å². The molecule has 0 radical (unpaired) electrons. The monoisotopic (exact) mass is 262 g/mol. The zero-order valence-corrected chi connectivity index (χ0v) is 10.4. The average molecular weight is 262 g/mol. The third-order valence-corrected chi connectivity index (χ3v) is 2.72. The molecule has 0 aliphatic heterocycles. The summed E-state index contributed by atoms with van der Waals surface area (Å²) in [6.07, 6.45) is 6.75. The fraction of sp³-hybridized carbons (Fsp3) is 0.250. The van der Waals surface area contributed by atoms with Crippen LogP contribution in [0.4, 0.5) is 5.69 Å². The second-order valence-corrected chi connectivity index (χ2v) is 4.11. The van der Waals surface area contributed by atoms with Gasteiger partial charge in [-0.2, -0.15) is 0 Å². The van der Waals surface area contributed by atoms with Crippen LogP contribution in [0.3, 0.4) is 0 Å². The Morgan fingerprint density at radius 2 is 2.32 bits per heavy atom. The Kier molecular flexibility index (Phi) is 3.65. The number of aromatic nitrogens is 3. The van der Waals surface area contributed by atoms with E-state index in [0.29, 0.717) is 17.9 Å². The molecule has 7 heteroatoms. The predicted molar refractivity (Wildman–Crippen MR) is 68.0 cm³/mol. The highest BCUT2D eigenvalue weighted by Crippen LogP contribution is 2.19. The van der Waals surface area contributed by atoms with Gasteiger partial charge in [0.05, 0.1) is 12.0 Å². The maximum atomic E-state index is 11.7. The van der Waals surface area contributed by atoms with Crippen molar-refractivity contribution in [2.75, 3.05) is 5.32 Å². The molecule has 0 aliphatic carbocycles. The van der Waals surface area contributed by atoms with Crippen LogP contribution in [0.5, 0.6) is 0 Å². The van der Waals surface area contributed by atoms with Gasteiger partial charge in [-0.1, -0.05) is 0 Å². The first-order valence-corrected chi connectivity index (χ1v) is 5.75. The summed E-state index contributed by atoms with van der Waals surface area (Å²) >= 11 is 0. The molecule has 0 saturated heterocycles. The van der Waals surface area contributed by atoms with Gasteiger partial charge in [-0.3, -0.25) is 4.79 Å². The zero-order chi connectivity index (χ0) is 13.8. The molecule has 0 unspecified atom stereocenters. The highest BCUT2D eigenvalue weighted by Gasteiger charge is 2.16. The van der Waals surface area contributed by atoms with E-state index in [4.69, 9.17) is 5.11 Å². The van der Waals surface area contributed by atoms with Crippen molar-refractivity contribution < 1.29 is 14.7 Å². The van der Waals surface area contributed by atoms with Gasteiger partial charge in [-0.05, 0) is 6.92 Å². The van der Waals surface area contributed by atoms with Gasteiger partial charge >= 0.3 is 5.97 Å². The van der Waals surface area contributed by atoms with Gasteiger partial charge in [-0.15, -0.1) is 0 Å². The van der Waals surface area contributed by atoms with E-state index in [1.807, 2.05) is 0 Å². The molecule has 2 aromatic rings. The number of anilines is 1. The van der Waals surface area contributed by atoms with Crippen LogP contribution in [0, 0.1) is 6.92 Å². The summed E-state index contributed by atoms with van der Waals surface area (Å²) in [4.78, 5) is 29.4. The molecule has 100 valence electrons. The minimum Gasteiger partial charge on any atom is -0.478 e. The third-order valence-electron chi connectivity index (χ3n) is 2.72. The van der Waals surface area contributed by atoms with Crippen LogP contribution in [0.2, 0.25) is 0 Å². The van der Waals surface area contributed by atoms with Crippen LogP contribution in [-0.2, 0) is 11.3 Å². The van der Waals surface area contributed by atoms with E-state index < -0.39 is 5.97 Å². The lowest BCUT2D eigenvalue weighted by atomic mass is 10.2. The summed E-state index contributed by atoms with van der Waals surface area (Å²) < 4.78 is 1.78. The molecule has 7 nitrogen and oxygen atoms in total. The number of nitrogens with zero attached hydrogens (tertiary/aromatic N) is 2. The largest absolute Gasteiger partial charge is 0.478 e. The minimum atomic E-state index is -1.07. The molecule has 0 spiro atoms. The fourth-order valence-corrected chi connectivity index (χ4v) is 1.76. The lowest BCUT2D eigenvalue weighted by Crippen LogP contribution is -2.15. The van der Waals surface area contributed by atoms with Crippen LogP contribution >= 0.6 is 0 Å². The van der Waals surface area contributed by atoms with Crippen molar-refractivity contribution in [2.45, 2.75) is 19.9 Å². The summed E-state index contributed by atoms with van der Waals surface area (Å²) in [5, 5.41) is 11.6. The van der Waals surface area contributed by atoms with E-state index in [0.717, 1.165) is 0 Å². The van der Waals surface area contributed by atoms with Crippen molar-refractivity contribution in [3.05, 3.63) is 36.2 Å². The number of nitrogens with one attached hydrogen (secondary N) is 2. The SMILES string of the molecule is Cc1[nH]cc(NC(=O)CCn2ccnc2)c1C(=O)O. The van der Waals surface area contributed by atoms with E-state index >= 15 is 0 Å². The number of carboxylic acids is 1. The number of carboxylic acid groups (broad SMARTS) is 1. The summed E-state index contributed by atoms with van der Waals surface area (Å²) in [5.74, 6) is -1.31. The number of carbonyl (C=O) groups excluding carboxylic acids is 1. The van der Waals surface area contributed by atoms with Crippen LogP contribution < -0.4 is 5.32 Å². The fourth-order valence-electron chi connectivity index (χ4n) is 1.76. The Morgan fingerprint density at radius 1 is 1.53 bits per heavy atom. The lowest BCUT2D eigenvalue weighted by molar-refractivity contribution is -0.116. The number of rotatable bonds is 5. The molecule has 0 aliphatic rings.